The lowest BCUT2D eigenvalue weighted by atomic mass is 9.82. The summed E-state index contributed by atoms with van der Waals surface area (Å²) in [7, 11) is 0. The van der Waals surface area contributed by atoms with E-state index < -0.39 is 5.41 Å². The number of hydrogen-bond acceptors (Lipinski definition) is 5. The number of aliphatic hydroxyl groups excluding tert-OH is 3. The highest BCUT2D eigenvalue weighted by Gasteiger charge is 2.26. The van der Waals surface area contributed by atoms with Gasteiger partial charge in [0.05, 0.1) is 26.2 Å². The normalized spacial score (nSPS) is 16.0. The van der Waals surface area contributed by atoms with E-state index in [2.05, 4.69) is 6.07 Å². The molecule has 0 saturated heterocycles. The number of rotatable bonds is 4. The molecule has 0 atom stereocenters. The zero-order valence-electron chi connectivity index (χ0n) is 13.8. The van der Waals surface area contributed by atoms with Crippen LogP contribution in [0.25, 0.3) is 0 Å². The molecule has 5 heteroatoms. The summed E-state index contributed by atoms with van der Waals surface area (Å²) in [6.07, 6.45) is 1.19. The van der Waals surface area contributed by atoms with Crippen LogP contribution in [0.5, 0.6) is 0 Å². The molecule has 0 aliphatic heterocycles. The average Bonchev–Trinajstić information content (AvgIpc) is 2.54. The summed E-state index contributed by atoms with van der Waals surface area (Å²) in [5.74, 6) is 0.272. The summed E-state index contributed by atoms with van der Waals surface area (Å²) < 4.78 is 0. The third kappa shape index (κ3) is 6.22. The molecular weight excluding hydrogens is 296 g/mol. The molecular formula is C18H26O5. The van der Waals surface area contributed by atoms with Crippen LogP contribution in [-0.2, 0) is 9.59 Å². The van der Waals surface area contributed by atoms with Crippen LogP contribution in [0.3, 0.4) is 0 Å². The molecule has 0 aromatic heterocycles. The van der Waals surface area contributed by atoms with Gasteiger partial charge < -0.3 is 15.3 Å². The molecule has 2 rings (SSSR count). The fraction of sp³-hybridized carbons (Fsp3) is 0.556. The van der Waals surface area contributed by atoms with Crippen LogP contribution in [0.4, 0.5) is 0 Å². The monoisotopic (exact) mass is 322 g/mol. The van der Waals surface area contributed by atoms with Crippen molar-refractivity contribution in [2.75, 3.05) is 19.8 Å². The van der Waals surface area contributed by atoms with Crippen LogP contribution < -0.4 is 0 Å². The van der Waals surface area contributed by atoms with Crippen molar-refractivity contribution in [2.24, 2.45) is 5.41 Å². The molecule has 1 aliphatic carbocycles. The summed E-state index contributed by atoms with van der Waals surface area (Å²) >= 11 is 0. The topological polar surface area (TPSA) is 94.8 Å². The van der Waals surface area contributed by atoms with Gasteiger partial charge in [0, 0.05) is 18.3 Å². The summed E-state index contributed by atoms with van der Waals surface area (Å²) in [4.78, 5) is 22.6. The number of benzene rings is 1. The minimum absolute atomic E-state index is 0.0813. The number of hydrogen-bond donors (Lipinski definition) is 3. The number of aryl methyl sites for hydroxylation is 1. The lowest BCUT2D eigenvalue weighted by molar-refractivity contribution is -0.130. The van der Waals surface area contributed by atoms with Gasteiger partial charge in [-0.3, -0.25) is 9.59 Å². The first-order valence-electron chi connectivity index (χ1n) is 7.76. The molecule has 0 radical (unpaired) electrons. The predicted molar refractivity (Wildman–Crippen MR) is 87.1 cm³/mol. The first-order valence-corrected chi connectivity index (χ1v) is 7.76. The first-order chi connectivity index (χ1) is 10.8. The summed E-state index contributed by atoms with van der Waals surface area (Å²) in [5, 5.41) is 25.4. The van der Waals surface area contributed by atoms with E-state index in [1.807, 2.05) is 25.1 Å². The van der Waals surface area contributed by atoms with Crippen molar-refractivity contribution in [1.82, 2.24) is 0 Å². The highest BCUT2D eigenvalue weighted by Crippen LogP contribution is 2.29. The fourth-order valence-corrected chi connectivity index (χ4v) is 2.30. The molecule has 0 heterocycles. The number of aliphatic hydroxyl groups is 3. The van der Waals surface area contributed by atoms with Gasteiger partial charge in [0.2, 0.25) is 0 Å². The number of carbonyl (C=O) groups is 2. The van der Waals surface area contributed by atoms with Crippen molar-refractivity contribution < 1.29 is 24.9 Å². The molecule has 0 spiro atoms. The molecule has 1 aliphatic rings. The Morgan fingerprint density at radius 1 is 1.04 bits per heavy atom. The molecule has 1 fully saturated rings. The second-order valence-electron chi connectivity index (χ2n) is 6.56. The number of Topliss-reactive ketones (excluding diaryl/α,β-unsaturated/α-hetero) is 2. The summed E-state index contributed by atoms with van der Waals surface area (Å²) in [6, 6.07) is 8.07. The largest absolute Gasteiger partial charge is 0.396 e. The smallest absolute Gasteiger partial charge is 0.140 e. The van der Waals surface area contributed by atoms with Gasteiger partial charge in [0.1, 0.15) is 11.6 Å². The number of ketones is 2. The Bertz CT molecular complexity index is 510. The minimum Gasteiger partial charge on any atom is -0.396 e. The van der Waals surface area contributed by atoms with Crippen LogP contribution in [0.1, 0.15) is 43.2 Å². The van der Waals surface area contributed by atoms with E-state index in [1.165, 1.54) is 5.56 Å². The van der Waals surface area contributed by atoms with Gasteiger partial charge in [-0.05, 0) is 18.4 Å². The molecule has 5 nitrogen and oxygen atoms in total. The van der Waals surface area contributed by atoms with Crippen molar-refractivity contribution >= 4 is 11.6 Å². The second kappa shape index (κ2) is 8.91. The van der Waals surface area contributed by atoms with Crippen LogP contribution in [0.2, 0.25) is 0 Å². The van der Waals surface area contributed by atoms with Crippen LogP contribution in [0.15, 0.2) is 24.3 Å². The Morgan fingerprint density at radius 3 is 1.96 bits per heavy atom. The fourth-order valence-electron chi connectivity index (χ4n) is 2.30. The van der Waals surface area contributed by atoms with Gasteiger partial charge in [-0.2, -0.15) is 0 Å². The molecule has 1 saturated carbocycles. The van der Waals surface area contributed by atoms with Crippen LogP contribution in [-0.4, -0.2) is 46.7 Å². The van der Waals surface area contributed by atoms with E-state index in [0.717, 1.165) is 5.56 Å². The van der Waals surface area contributed by atoms with Crippen molar-refractivity contribution in [3.8, 4) is 0 Å². The lowest BCUT2D eigenvalue weighted by Gasteiger charge is -2.20. The average molecular weight is 322 g/mol. The van der Waals surface area contributed by atoms with Gasteiger partial charge in [-0.15, -0.1) is 0 Å². The lowest BCUT2D eigenvalue weighted by Crippen LogP contribution is -2.29. The molecule has 3 N–H and O–H groups in total. The van der Waals surface area contributed by atoms with E-state index in [1.54, 1.807) is 6.92 Å². The second-order valence-corrected chi connectivity index (χ2v) is 6.56. The SMILES string of the molecule is CC(CO)(CO)CO.Cc1cccc(C2CC(=O)CC(=O)C2)c1. The van der Waals surface area contributed by atoms with Crippen molar-refractivity contribution in [2.45, 2.75) is 39.0 Å². The predicted octanol–water partition coefficient (Wildman–Crippen LogP) is 1.37. The summed E-state index contributed by atoms with van der Waals surface area (Å²) in [6.45, 7) is 3.09. The molecule has 0 unspecified atom stereocenters. The zero-order valence-corrected chi connectivity index (χ0v) is 13.8. The maximum absolute atomic E-state index is 11.3. The highest BCUT2D eigenvalue weighted by molar-refractivity contribution is 6.02. The van der Waals surface area contributed by atoms with Gasteiger partial charge in [-0.25, -0.2) is 0 Å². The molecule has 128 valence electrons. The van der Waals surface area contributed by atoms with E-state index in [9.17, 15) is 9.59 Å². The van der Waals surface area contributed by atoms with Gasteiger partial charge in [-0.1, -0.05) is 36.8 Å². The van der Waals surface area contributed by atoms with Crippen molar-refractivity contribution in [1.29, 1.82) is 0 Å². The number of carbonyl (C=O) groups excluding carboxylic acids is 2. The highest BCUT2D eigenvalue weighted by atomic mass is 16.3. The van der Waals surface area contributed by atoms with Crippen molar-refractivity contribution in [3.05, 3.63) is 35.4 Å². The Morgan fingerprint density at radius 2 is 1.57 bits per heavy atom. The standard InChI is InChI=1S/C13H14O2.C5H12O3/c1-9-3-2-4-10(5-9)11-6-12(14)8-13(15)7-11;1-5(2-6,3-7)4-8/h2-5,11H,6-8H2,1H3;6-8H,2-4H2,1H3. The Hall–Kier alpha value is -1.56. The van der Waals surface area contributed by atoms with Crippen molar-refractivity contribution in [3.63, 3.8) is 0 Å². The zero-order chi connectivity index (χ0) is 17.5. The Kier molecular flexibility index (Phi) is 7.55. The first kappa shape index (κ1) is 19.5. The molecule has 0 amide bonds. The third-order valence-corrected chi connectivity index (χ3v) is 4.00. The van der Waals surface area contributed by atoms with Gasteiger partial charge in [0.15, 0.2) is 0 Å². The Labute approximate surface area is 137 Å². The molecule has 1 aromatic carbocycles. The van der Waals surface area contributed by atoms with E-state index in [4.69, 9.17) is 15.3 Å². The van der Waals surface area contributed by atoms with E-state index >= 15 is 0 Å². The molecule has 23 heavy (non-hydrogen) atoms. The van der Waals surface area contributed by atoms with Gasteiger partial charge >= 0.3 is 0 Å². The quantitative estimate of drug-likeness (QED) is 0.728. The van der Waals surface area contributed by atoms with E-state index in [-0.39, 0.29) is 43.7 Å². The van der Waals surface area contributed by atoms with Crippen LogP contribution >= 0.6 is 0 Å². The molecule has 0 bridgehead atoms. The summed E-state index contributed by atoms with van der Waals surface area (Å²) in [5.41, 5.74) is 1.59. The van der Waals surface area contributed by atoms with Crippen LogP contribution in [0, 0.1) is 12.3 Å². The maximum Gasteiger partial charge on any atom is 0.140 e. The Balaban J connectivity index is 0.000000284. The third-order valence-electron chi connectivity index (χ3n) is 4.00. The molecule has 1 aromatic rings. The van der Waals surface area contributed by atoms with E-state index in [0.29, 0.717) is 12.8 Å². The van der Waals surface area contributed by atoms with Gasteiger partial charge in [0.25, 0.3) is 0 Å². The maximum atomic E-state index is 11.3. The minimum atomic E-state index is -0.708.